The van der Waals surface area contributed by atoms with Crippen molar-refractivity contribution in [1.29, 1.82) is 5.26 Å². The highest BCUT2D eigenvalue weighted by Crippen LogP contribution is 2.39. The molecule has 1 aliphatic heterocycles. The molecule has 0 radical (unpaired) electrons. The van der Waals surface area contributed by atoms with E-state index in [1.165, 1.54) is 0 Å². The monoisotopic (exact) mass is 180 g/mol. The quantitative estimate of drug-likeness (QED) is 0.537. The Kier molecular flexibility index (Phi) is 2.58. The number of nitriles is 1. The number of thioether (sulfide) groups is 1. The minimum absolute atomic E-state index is 0.0497. The van der Waals surface area contributed by atoms with Crippen molar-refractivity contribution in [2.45, 2.75) is 20.3 Å². The van der Waals surface area contributed by atoms with E-state index in [2.05, 4.69) is 18.8 Å². The van der Waals surface area contributed by atoms with Gasteiger partial charge in [-0.25, -0.2) is 4.99 Å². The summed E-state index contributed by atoms with van der Waals surface area (Å²) in [5.74, 6) is 0. The fourth-order valence-corrected chi connectivity index (χ4v) is 1.90. The molecule has 0 bridgehead atoms. The number of rotatable bonds is 0. The minimum Gasteiger partial charge on any atom is -0.250 e. The lowest BCUT2D eigenvalue weighted by molar-refractivity contribution is 0.486. The number of aliphatic imine (C=N–C) groups is 1. The number of allylic oxidation sites excluding steroid dienone is 2. The molecular formula is C9H12N2S. The van der Waals surface area contributed by atoms with Gasteiger partial charge < -0.3 is 0 Å². The molecule has 3 heteroatoms. The molecule has 0 aromatic rings. The molecule has 0 aromatic carbocycles. The van der Waals surface area contributed by atoms with Gasteiger partial charge >= 0.3 is 0 Å². The smallest absolute Gasteiger partial charge is 0.0931 e. The average Bonchev–Trinajstić information content (AvgIpc) is 2.28. The first-order valence-corrected chi connectivity index (χ1v) is 5.04. The zero-order valence-electron chi connectivity index (χ0n) is 7.59. The molecule has 0 unspecified atom stereocenters. The SMILES string of the molecule is CSC1=N/C(=C/C#N)C(C)(C)C1. The van der Waals surface area contributed by atoms with Gasteiger partial charge in [-0.1, -0.05) is 13.8 Å². The standard InChI is InChI=1S/C9H12N2S/c1-9(2)6-8(12-3)11-7(9)4-5-10/h4H,6H2,1-3H3/b7-4+. The Balaban J connectivity index is 2.94. The molecule has 0 atom stereocenters. The van der Waals surface area contributed by atoms with Crippen LogP contribution in [0.2, 0.25) is 0 Å². The number of hydrogen-bond acceptors (Lipinski definition) is 3. The van der Waals surface area contributed by atoms with E-state index in [1.807, 2.05) is 12.3 Å². The zero-order chi connectivity index (χ0) is 9.19. The zero-order valence-corrected chi connectivity index (χ0v) is 8.40. The number of nitrogens with zero attached hydrogens (tertiary/aromatic N) is 2. The van der Waals surface area contributed by atoms with Gasteiger partial charge in [0.2, 0.25) is 0 Å². The third-order valence-corrected chi connectivity index (χ3v) is 2.68. The predicted octanol–water partition coefficient (Wildman–Crippen LogP) is 2.59. The Hall–Kier alpha value is -0.750. The summed E-state index contributed by atoms with van der Waals surface area (Å²) in [4.78, 5) is 4.37. The molecule has 0 amide bonds. The van der Waals surface area contributed by atoms with Gasteiger partial charge in [0, 0.05) is 17.9 Å². The Morgan fingerprint density at radius 1 is 1.67 bits per heavy atom. The molecule has 0 spiro atoms. The van der Waals surface area contributed by atoms with Gasteiger partial charge in [-0.05, 0) is 6.26 Å². The van der Waals surface area contributed by atoms with E-state index in [0.717, 1.165) is 17.2 Å². The van der Waals surface area contributed by atoms with Crippen molar-refractivity contribution < 1.29 is 0 Å². The summed E-state index contributed by atoms with van der Waals surface area (Å²) in [6.07, 6.45) is 4.52. The van der Waals surface area contributed by atoms with Gasteiger partial charge in [-0.2, -0.15) is 5.26 Å². The second-order valence-electron chi connectivity index (χ2n) is 3.43. The van der Waals surface area contributed by atoms with Gasteiger partial charge in [0.25, 0.3) is 0 Å². The minimum atomic E-state index is 0.0497. The summed E-state index contributed by atoms with van der Waals surface area (Å²) < 4.78 is 0. The van der Waals surface area contributed by atoms with Gasteiger partial charge in [0.05, 0.1) is 16.8 Å². The van der Waals surface area contributed by atoms with Crippen molar-refractivity contribution in [3.05, 3.63) is 11.8 Å². The van der Waals surface area contributed by atoms with Crippen molar-refractivity contribution in [3.8, 4) is 6.07 Å². The summed E-state index contributed by atoms with van der Waals surface area (Å²) >= 11 is 1.66. The largest absolute Gasteiger partial charge is 0.250 e. The summed E-state index contributed by atoms with van der Waals surface area (Å²) in [5, 5.41) is 9.64. The molecule has 0 aromatic heterocycles. The number of hydrogen-bond donors (Lipinski definition) is 0. The summed E-state index contributed by atoms with van der Waals surface area (Å²) in [7, 11) is 0. The summed E-state index contributed by atoms with van der Waals surface area (Å²) in [6.45, 7) is 4.23. The third kappa shape index (κ3) is 1.70. The van der Waals surface area contributed by atoms with Crippen LogP contribution in [0.15, 0.2) is 16.8 Å². The third-order valence-electron chi connectivity index (χ3n) is 1.97. The van der Waals surface area contributed by atoms with Gasteiger partial charge in [0.1, 0.15) is 0 Å². The molecule has 0 aliphatic carbocycles. The van der Waals surface area contributed by atoms with Crippen LogP contribution in [0.3, 0.4) is 0 Å². The highest BCUT2D eigenvalue weighted by Gasteiger charge is 2.30. The predicted molar refractivity (Wildman–Crippen MR) is 53.0 cm³/mol. The lowest BCUT2D eigenvalue weighted by Crippen LogP contribution is -2.09. The summed E-state index contributed by atoms with van der Waals surface area (Å²) in [6, 6.07) is 2.03. The van der Waals surface area contributed by atoms with Gasteiger partial charge in [-0.15, -0.1) is 11.8 Å². The maximum atomic E-state index is 8.52. The fourth-order valence-electron chi connectivity index (χ4n) is 1.20. The molecular weight excluding hydrogens is 168 g/mol. The molecule has 1 aliphatic rings. The van der Waals surface area contributed by atoms with E-state index in [1.54, 1.807) is 17.8 Å². The lowest BCUT2D eigenvalue weighted by Gasteiger charge is -2.16. The van der Waals surface area contributed by atoms with Crippen LogP contribution in [0, 0.1) is 16.7 Å². The van der Waals surface area contributed by atoms with E-state index in [0.29, 0.717) is 0 Å². The normalized spacial score (nSPS) is 23.8. The van der Waals surface area contributed by atoms with Crippen LogP contribution in [-0.4, -0.2) is 11.3 Å². The van der Waals surface area contributed by atoms with Crippen LogP contribution in [0.25, 0.3) is 0 Å². The van der Waals surface area contributed by atoms with Crippen LogP contribution in [0.4, 0.5) is 0 Å². The molecule has 0 saturated heterocycles. The highest BCUT2D eigenvalue weighted by molar-refractivity contribution is 8.13. The second kappa shape index (κ2) is 3.32. The first-order chi connectivity index (χ1) is 5.60. The van der Waals surface area contributed by atoms with Crippen LogP contribution >= 0.6 is 11.8 Å². The second-order valence-corrected chi connectivity index (χ2v) is 4.31. The van der Waals surface area contributed by atoms with Crippen LogP contribution in [0.5, 0.6) is 0 Å². The first-order valence-electron chi connectivity index (χ1n) is 3.82. The molecule has 2 nitrogen and oxygen atoms in total. The molecule has 0 fully saturated rings. The van der Waals surface area contributed by atoms with Crippen LogP contribution < -0.4 is 0 Å². The van der Waals surface area contributed by atoms with E-state index in [4.69, 9.17) is 5.26 Å². The summed E-state index contributed by atoms with van der Waals surface area (Å²) in [5.41, 5.74) is 0.961. The molecule has 0 N–H and O–H groups in total. The van der Waals surface area contributed by atoms with Crippen molar-refractivity contribution in [1.82, 2.24) is 0 Å². The molecule has 1 rings (SSSR count). The van der Waals surface area contributed by atoms with Crippen molar-refractivity contribution >= 4 is 16.8 Å². The van der Waals surface area contributed by atoms with Crippen LogP contribution in [0.1, 0.15) is 20.3 Å². The fraction of sp³-hybridized carbons (Fsp3) is 0.556. The van der Waals surface area contributed by atoms with Crippen molar-refractivity contribution in [3.63, 3.8) is 0 Å². The average molecular weight is 180 g/mol. The Morgan fingerprint density at radius 3 is 2.75 bits per heavy atom. The van der Waals surface area contributed by atoms with Crippen molar-refractivity contribution in [2.24, 2.45) is 10.4 Å². The molecule has 64 valence electrons. The van der Waals surface area contributed by atoms with E-state index in [-0.39, 0.29) is 5.41 Å². The Bertz CT molecular complexity index is 281. The van der Waals surface area contributed by atoms with Gasteiger partial charge in [-0.3, -0.25) is 0 Å². The topological polar surface area (TPSA) is 36.1 Å². The highest BCUT2D eigenvalue weighted by atomic mass is 32.2. The van der Waals surface area contributed by atoms with Crippen LogP contribution in [-0.2, 0) is 0 Å². The maximum Gasteiger partial charge on any atom is 0.0931 e. The lowest BCUT2D eigenvalue weighted by atomic mass is 9.88. The molecule has 1 heterocycles. The molecule has 12 heavy (non-hydrogen) atoms. The van der Waals surface area contributed by atoms with E-state index >= 15 is 0 Å². The van der Waals surface area contributed by atoms with E-state index < -0.39 is 0 Å². The van der Waals surface area contributed by atoms with Gasteiger partial charge in [0.15, 0.2) is 0 Å². The van der Waals surface area contributed by atoms with E-state index in [9.17, 15) is 0 Å². The Morgan fingerprint density at radius 2 is 2.33 bits per heavy atom. The maximum absolute atomic E-state index is 8.52. The first kappa shape index (κ1) is 9.34. The van der Waals surface area contributed by atoms with Crippen molar-refractivity contribution in [2.75, 3.05) is 6.26 Å². The Labute approximate surface area is 77.4 Å². The molecule has 0 saturated carbocycles.